The van der Waals surface area contributed by atoms with E-state index < -0.39 is 0 Å². The minimum Gasteiger partial charge on any atom is -0.497 e. The fourth-order valence-corrected chi connectivity index (χ4v) is 1.74. The standard InChI is InChI=1S/C15H23NO2/c1-11(2)10-18-15-8-14(17-3)7-4-12(15)9-16-13-5-6-13/h4,7-8,11,13,16H,5-6,9-10H2,1-3H3. The Morgan fingerprint density at radius 3 is 2.72 bits per heavy atom. The molecule has 0 saturated heterocycles. The number of hydrogen-bond donors (Lipinski definition) is 1. The number of rotatable bonds is 7. The van der Waals surface area contributed by atoms with Gasteiger partial charge >= 0.3 is 0 Å². The highest BCUT2D eigenvalue weighted by molar-refractivity contribution is 5.40. The lowest BCUT2D eigenvalue weighted by Crippen LogP contribution is -2.16. The first-order valence-electron chi connectivity index (χ1n) is 6.72. The van der Waals surface area contributed by atoms with Crippen LogP contribution >= 0.6 is 0 Å². The maximum Gasteiger partial charge on any atom is 0.127 e. The molecular formula is C15H23NO2. The Labute approximate surface area is 109 Å². The highest BCUT2D eigenvalue weighted by Gasteiger charge is 2.20. The largest absolute Gasteiger partial charge is 0.497 e. The molecule has 100 valence electrons. The van der Waals surface area contributed by atoms with Crippen LogP contribution in [0, 0.1) is 5.92 Å². The zero-order valence-corrected chi connectivity index (χ0v) is 11.5. The molecule has 0 aromatic heterocycles. The Morgan fingerprint density at radius 1 is 1.33 bits per heavy atom. The van der Waals surface area contributed by atoms with E-state index in [4.69, 9.17) is 9.47 Å². The molecule has 2 rings (SSSR count). The second-order valence-corrected chi connectivity index (χ2v) is 5.33. The topological polar surface area (TPSA) is 30.5 Å². The SMILES string of the molecule is COc1ccc(CNC2CC2)c(OCC(C)C)c1. The van der Waals surface area contributed by atoms with Gasteiger partial charge in [-0.3, -0.25) is 0 Å². The number of hydrogen-bond acceptors (Lipinski definition) is 3. The van der Waals surface area contributed by atoms with Crippen molar-refractivity contribution in [3.8, 4) is 11.5 Å². The molecule has 1 aliphatic rings. The second kappa shape index (κ2) is 6.10. The van der Waals surface area contributed by atoms with Crippen molar-refractivity contribution in [2.75, 3.05) is 13.7 Å². The van der Waals surface area contributed by atoms with Gasteiger partial charge in [-0.2, -0.15) is 0 Å². The summed E-state index contributed by atoms with van der Waals surface area (Å²) in [6, 6.07) is 6.77. The van der Waals surface area contributed by atoms with Crippen molar-refractivity contribution in [3.63, 3.8) is 0 Å². The molecule has 3 nitrogen and oxygen atoms in total. The summed E-state index contributed by atoms with van der Waals surface area (Å²) in [4.78, 5) is 0. The van der Waals surface area contributed by atoms with Crippen LogP contribution in [0.15, 0.2) is 18.2 Å². The average molecular weight is 249 g/mol. The van der Waals surface area contributed by atoms with Crippen molar-refractivity contribution in [3.05, 3.63) is 23.8 Å². The summed E-state index contributed by atoms with van der Waals surface area (Å²) in [5.41, 5.74) is 1.21. The van der Waals surface area contributed by atoms with Crippen LogP contribution in [0.2, 0.25) is 0 Å². The van der Waals surface area contributed by atoms with Gasteiger partial charge in [0, 0.05) is 24.2 Å². The summed E-state index contributed by atoms with van der Waals surface area (Å²) in [7, 11) is 1.68. The van der Waals surface area contributed by atoms with Gasteiger partial charge in [-0.1, -0.05) is 19.9 Å². The van der Waals surface area contributed by atoms with E-state index in [1.54, 1.807) is 7.11 Å². The Bertz CT molecular complexity index is 386. The van der Waals surface area contributed by atoms with Gasteiger partial charge in [0.25, 0.3) is 0 Å². The smallest absolute Gasteiger partial charge is 0.127 e. The second-order valence-electron chi connectivity index (χ2n) is 5.33. The van der Waals surface area contributed by atoms with Crippen LogP contribution in [0.1, 0.15) is 32.3 Å². The molecule has 0 heterocycles. The predicted molar refractivity (Wildman–Crippen MR) is 73.2 cm³/mol. The summed E-state index contributed by atoms with van der Waals surface area (Å²) in [5.74, 6) is 2.32. The molecule has 0 bridgehead atoms. The first-order chi connectivity index (χ1) is 8.69. The van der Waals surface area contributed by atoms with Gasteiger partial charge in [0.05, 0.1) is 13.7 Å². The van der Waals surface area contributed by atoms with E-state index in [9.17, 15) is 0 Å². The summed E-state index contributed by atoms with van der Waals surface area (Å²) >= 11 is 0. The molecule has 3 heteroatoms. The quantitative estimate of drug-likeness (QED) is 0.806. The fraction of sp³-hybridized carbons (Fsp3) is 0.600. The normalized spacial score (nSPS) is 14.9. The van der Waals surface area contributed by atoms with Crippen LogP contribution in [0.5, 0.6) is 11.5 Å². The van der Waals surface area contributed by atoms with Crippen molar-refractivity contribution in [1.29, 1.82) is 0 Å². The van der Waals surface area contributed by atoms with Crippen LogP contribution in [0.25, 0.3) is 0 Å². The summed E-state index contributed by atoms with van der Waals surface area (Å²) < 4.78 is 11.1. The van der Waals surface area contributed by atoms with E-state index in [0.29, 0.717) is 12.0 Å². The first kappa shape index (κ1) is 13.2. The molecule has 0 atom stereocenters. The molecule has 1 aromatic rings. The Hall–Kier alpha value is -1.22. The van der Waals surface area contributed by atoms with Crippen LogP contribution in [0.4, 0.5) is 0 Å². The Balaban J connectivity index is 2.03. The van der Waals surface area contributed by atoms with Crippen LogP contribution in [-0.2, 0) is 6.54 Å². The van der Waals surface area contributed by atoms with Gasteiger partial charge in [0.1, 0.15) is 11.5 Å². The minimum absolute atomic E-state index is 0.528. The van der Waals surface area contributed by atoms with E-state index in [1.807, 2.05) is 12.1 Å². The lowest BCUT2D eigenvalue weighted by Gasteiger charge is -2.15. The molecule has 0 spiro atoms. The van der Waals surface area contributed by atoms with E-state index in [1.165, 1.54) is 18.4 Å². The third-order valence-electron chi connectivity index (χ3n) is 3.01. The van der Waals surface area contributed by atoms with Gasteiger partial charge in [-0.25, -0.2) is 0 Å². The molecular weight excluding hydrogens is 226 g/mol. The number of nitrogens with one attached hydrogen (secondary N) is 1. The highest BCUT2D eigenvalue weighted by Crippen LogP contribution is 2.27. The van der Waals surface area contributed by atoms with Crippen LogP contribution in [0.3, 0.4) is 0 Å². The zero-order chi connectivity index (χ0) is 13.0. The van der Waals surface area contributed by atoms with Crippen molar-refractivity contribution in [1.82, 2.24) is 5.32 Å². The van der Waals surface area contributed by atoms with Gasteiger partial charge < -0.3 is 14.8 Å². The third kappa shape index (κ3) is 3.91. The molecule has 1 saturated carbocycles. The van der Waals surface area contributed by atoms with Crippen molar-refractivity contribution in [2.24, 2.45) is 5.92 Å². The van der Waals surface area contributed by atoms with Crippen molar-refractivity contribution >= 4 is 0 Å². The van der Waals surface area contributed by atoms with Gasteiger partial charge in [0.15, 0.2) is 0 Å². The van der Waals surface area contributed by atoms with Crippen LogP contribution in [-0.4, -0.2) is 19.8 Å². The molecule has 1 aromatic carbocycles. The fourth-order valence-electron chi connectivity index (χ4n) is 1.74. The van der Waals surface area contributed by atoms with E-state index >= 15 is 0 Å². The molecule has 0 radical (unpaired) electrons. The Kier molecular flexibility index (Phi) is 4.48. The van der Waals surface area contributed by atoms with Gasteiger partial charge in [-0.05, 0) is 24.8 Å². The summed E-state index contributed by atoms with van der Waals surface area (Å²) in [5, 5.41) is 3.52. The van der Waals surface area contributed by atoms with Gasteiger partial charge in [-0.15, -0.1) is 0 Å². The molecule has 0 amide bonds. The Morgan fingerprint density at radius 2 is 2.11 bits per heavy atom. The molecule has 1 aliphatic carbocycles. The number of ether oxygens (including phenoxy) is 2. The highest BCUT2D eigenvalue weighted by atomic mass is 16.5. The summed E-state index contributed by atoms with van der Waals surface area (Å²) in [6.07, 6.45) is 2.61. The average Bonchev–Trinajstić information content (AvgIpc) is 3.18. The number of benzene rings is 1. The van der Waals surface area contributed by atoms with Crippen LogP contribution < -0.4 is 14.8 Å². The maximum atomic E-state index is 5.87. The predicted octanol–water partition coefficient (Wildman–Crippen LogP) is 2.98. The summed E-state index contributed by atoms with van der Waals surface area (Å²) in [6.45, 7) is 5.93. The molecule has 18 heavy (non-hydrogen) atoms. The minimum atomic E-state index is 0.528. The molecule has 1 fully saturated rings. The number of methoxy groups -OCH3 is 1. The maximum absolute atomic E-state index is 5.87. The zero-order valence-electron chi connectivity index (χ0n) is 11.5. The lowest BCUT2D eigenvalue weighted by molar-refractivity contribution is 0.266. The molecule has 1 N–H and O–H groups in total. The van der Waals surface area contributed by atoms with Gasteiger partial charge in [0.2, 0.25) is 0 Å². The van der Waals surface area contributed by atoms with E-state index in [2.05, 4.69) is 25.2 Å². The van der Waals surface area contributed by atoms with E-state index in [-0.39, 0.29) is 0 Å². The monoisotopic (exact) mass is 249 g/mol. The first-order valence-corrected chi connectivity index (χ1v) is 6.72. The van der Waals surface area contributed by atoms with Crippen molar-refractivity contribution in [2.45, 2.75) is 39.3 Å². The van der Waals surface area contributed by atoms with E-state index in [0.717, 1.165) is 24.7 Å². The lowest BCUT2D eigenvalue weighted by atomic mass is 10.2. The molecule has 0 unspecified atom stereocenters. The third-order valence-corrected chi connectivity index (χ3v) is 3.01. The van der Waals surface area contributed by atoms with Crippen molar-refractivity contribution < 1.29 is 9.47 Å². The molecule has 0 aliphatic heterocycles.